The molecule has 0 radical (unpaired) electrons. The molecule has 8 heteroatoms. The Kier molecular flexibility index (Phi) is 5.95. The van der Waals surface area contributed by atoms with E-state index in [-0.39, 0.29) is 11.8 Å². The van der Waals surface area contributed by atoms with Crippen LogP contribution in [0.3, 0.4) is 0 Å². The first-order valence-corrected chi connectivity index (χ1v) is 9.61. The van der Waals surface area contributed by atoms with Crippen molar-refractivity contribution >= 4 is 15.9 Å². The van der Waals surface area contributed by atoms with Gasteiger partial charge in [-0.05, 0) is 37.8 Å². The van der Waals surface area contributed by atoms with Gasteiger partial charge < -0.3 is 9.64 Å². The topological polar surface area (TPSA) is 88.6 Å². The highest BCUT2D eigenvalue weighted by Gasteiger charge is 2.27. The van der Waals surface area contributed by atoms with Gasteiger partial charge in [-0.2, -0.15) is 0 Å². The fourth-order valence-electron chi connectivity index (χ4n) is 2.66. The van der Waals surface area contributed by atoms with Crippen molar-refractivity contribution < 1.29 is 17.9 Å². The molecular weight excluding hydrogens is 318 g/mol. The number of likely N-dealkylation sites (tertiary alicyclic amines) is 1. The van der Waals surface area contributed by atoms with E-state index in [2.05, 4.69) is 9.71 Å². The number of sulfonamides is 1. The van der Waals surface area contributed by atoms with E-state index in [0.717, 1.165) is 19.1 Å². The summed E-state index contributed by atoms with van der Waals surface area (Å²) in [7, 11) is -3.21. The number of amides is 1. The van der Waals surface area contributed by atoms with E-state index in [9.17, 15) is 13.2 Å². The molecule has 1 saturated heterocycles. The summed E-state index contributed by atoms with van der Waals surface area (Å²) in [6, 6.07) is 3.42. The molecule has 1 aromatic heterocycles. The van der Waals surface area contributed by atoms with Crippen LogP contribution in [-0.4, -0.2) is 56.7 Å². The van der Waals surface area contributed by atoms with Gasteiger partial charge in [0.25, 0.3) is 5.91 Å². The maximum atomic E-state index is 12.7. The Morgan fingerprint density at radius 2 is 2.30 bits per heavy atom. The lowest BCUT2D eigenvalue weighted by molar-refractivity contribution is 0.0671. The Balaban J connectivity index is 2.05. The lowest BCUT2D eigenvalue weighted by Crippen LogP contribution is -2.43. The molecule has 0 spiro atoms. The second-order valence-electron chi connectivity index (χ2n) is 5.67. The van der Waals surface area contributed by atoms with Crippen molar-refractivity contribution in [2.24, 2.45) is 5.92 Å². The van der Waals surface area contributed by atoms with E-state index in [1.807, 2.05) is 6.92 Å². The third-order valence-electron chi connectivity index (χ3n) is 3.72. The predicted octanol–water partition coefficient (Wildman–Crippen LogP) is 0.882. The summed E-state index contributed by atoms with van der Waals surface area (Å²) < 4.78 is 30.4. The van der Waals surface area contributed by atoms with Crippen LogP contribution in [0.4, 0.5) is 0 Å². The molecule has 0 aromatic carbocycles. The fraction of sp³-hybridized carbons (Fsp3) is 0.600. The highest BCUT2D eigenvalue weighted by atomic mass is 32.2. The Labute approximate surface area is 137 Å². The quantitative estimate of drug-likeness (QED) is 0.830. The molecule has 1 aliphatic rings. The van der Waals surface area contributed by atoms with Crippen molar-refractivity contribution in [3.05, 3.63) is 23.9 Å². The minimum atomic E-state index is -3.21. The van der Waals surface area contributed by atoms with Crippen molar-refractivity contribution in [3.63, 3.8) is 0 Å². The first-order chi connectivity index (χ1) is 10.9. The first kappa shape index (κ1) is 17.7. The second kappa shape index (κ2) is 7.74. The van der Waals surface area contributed by atoms with E-state index in [1.54, 1.807) is 23.2 Å². The summed E-state index contributed by atoms with van der Waals surface area (Å²) in [4.78, 5) is 18.6. The van der Waals surface area contributed by atoms with E-state index in [0.29, 0.717) is 37.7 Å². The van der Waals surface area contributed by atoms with Crippen LogP contribution in [0.5, 0.6) is 5.88 Å². The fourth-order valence-corrected chi connectivity index (χ4v) is 3.20. The maximum Gasteiger partial charge on any atom is 0.259 e. The van der Waals surface area contributed by atoms with Crippen LogP contribution in [0.25, 0.3) is 0 Å². The molecule has 1 aliphatic heterocycles. The average Bonchev–Trinajstić information content (AvgIpc) is 2.53. The van der Waals surface area contributed by atoms with Crippen molar-refractivity contribution in [1.82, 2.24) is 14.6 Å². The largest absolute Gasteiger partial charge is 0.477 e. The van der Waals surface area contributed by atoms with E-state index in [4.69, 9.17) is 4.74 Å². The van der Waals surface area contributed by atoms with Crippen molar-refractivity contribution in [1.29, 1.82) is 0 Å². The molecule has 2 heterocycles. The standard InChI is InChI=1S/C15H23N3O4S/c1-3-22-14-13(7-4-8-16-14)15(19)18-9-5-6-12(11-18)10-17-23(2,20)21/h4,7-8,12,17H,3,5-6,9-11H2,1-2H3/t12-/m0/s1. The Bertz CT molecular complexity index is 648. The van der Waals surface area contributed by atoms with Crippen LogP contribution in [0.1, 0.15) is 30.1 Å². The van der Waals surface area contributed by atoms with Gasteiger partial charge >= 0.3 is 0 Å². The van der Waals surface area contributed by atoms with Crippen LogP contribution < -0.4 is 9.46 Å². The summed E-state index contributed by atoms with van der Waals surface area (Å²) in [6.07, 6.45) is 4.49. The molecule has 0 bridgehead atoms. The Morgan fingerprint density at radius 1 is 1.52 bits per heavy atom. The van der Waals surface area contributed by atoms with Gasteiger partial charge in [0.1, 0.15) is 5.56 Å². The summed E-state index contributed by atoms with van der Waals surface area (Å²) in [6.45, 7) is 3.83. The molecule has 23 heavy (non-hydrogen) atoms. The van der Waals surface area contributed by atoms with E-state index < -0.39 is 10.0 Å². The van der Waals surface area contributed by atoms with Crippen LogP contribution in [0.15, 0.2) is 18.3 Å². The normalized spacial score (nSPS) is 18.7. The number of ether oxygens (including phenoxy) is 1. The van der Waals surface area contributed by atoms with E-state index >= 15 is 0 Å². The highest BCUT2D eigenvalue weighted by molar-refractivity contribution is 7.88. The molecule has 7 nitrogen and oxygen atoms in total. The summed E-state index contributed by atoms with van der Waals surface area (Å²) in [5.41, 5.74) is 0.450. The Morgan fingerprint density at radius 3 is 3.00 bits per heavy atom. The minimum absolute atomic E-state index is 0.120. The lowest BCUT2D eigenvalue weighted by atomic mass is 9.98. The summed E-state index contributed by atoms with van der Waals surface area (Å²) in [5.74, 6) is 0.344. The summed E-state index contributed by atoms with van der Waals surface area (Å²) in [5, 5.41) is 0. The second-order valence-corrected chi connectivity index (χ2v) is 7.50. The molecule has 2 rings (SSSR count). The minimum Gasteiger partial charge on any atom is -0.477 e. The number of aromatic nitrogens is 1. The van der Waals surface area contributed by atoms with Crippen LogP contribution in [0.2, 0.25) is 0 Å². The molecule has 1 atom stereocenters. The number of pyridine rings is 1. The van der Waals surface area contributed by atoms with Gasteiger partial charge in [0.2, 0.25) is 15.9 Å². The number of carbonyl (C=O) groups excluding carboxylic acids is 1. The molecule has 0 unspecified atom stereocenters. The number of nitrogens with zero attached hydrogens (tertiary/aromatic N) is 2. The van der Waals surface area contributed by atoms with Gasteiger partial charge in [0, 0.05) is 25.8 Å². The number of piperidine rings is 1. The molecule has 1 N–H and O–H groups in total. The SMILES string of the molecule is CCOc1ncccc1C(=O)N1CCC[C@@H](CNS(C)(=O)=O)C1. The third-order valence-corrected chi connectivity index (χ3v) is 4.41. The molecule has 1 aromatic rings. The smallest absolute Gasteiger partial charge is 0.259 e. The number of hydrogen-bond acceptors (Lipinski definition) is 5. The zero-order valence-electron chi connectivity index (χ0n) is 13.5. The maximum absolute atomic E-state index is 12.7. The molecule has 0 saturated carbocycles. The number of hydrogen-bond donors (Lipinski definition) is 1. The van der Waals surface area contributed by atoms with Gasteiger partial charge in [0.05, 0.1) is 12.9 Å². The van der Waals surface area contributed by atoms with Gasteiger partial charge in [0.15, 0.2) is 0 Å². The van der Waals surface area contributed by atoms with Crippen molar-refractivity contribution in [2.45, 2.75) is 19.8 Å². The van der Waals surface area contributed by atoms with Crippen LogP contribution in [-0.2, 0) is 10.0 Å². The van der Waals surface area contributed by atoms with Gasteiger partial charge in [-0.15, -0.1) is 0 Å². The van der Waals surface area contributed by atoms with Crippen LogP contribution >= 0.6 is 0 Å². The lowest BCUT2D eigenvalue weighted by Gasteiger charge is -2.33. The highest BCUT2D eigenvalue weighted by Crippen LogP contribution is 2.22. The zero-order chi connectivity index (χ0) is 16.9. The third kappa shape index (κ3) is 5.18. The molecule has 1 fully saturated rings. The zero-order valence-corrected chi connectivity index (χ0v) is 14.3. The molecule has 128 valence electrons. The van der Waals surface area contributed by atoms with Gasteiger partial charge in [-0.25, -0.2) is 18.1 Å². The molecule has 0 aliphatic carbocycles. The molecular formula is C15H23N3O4S. The average molecular weight is 341 g/mol. The Hall–Kier alpha value is -1.67. The van der Waals surface area contributed by atoms with Gasteiger partial charge in [-0.3, -0.25) is 4.79 Å². The predicted molar refractivity (Wildman–Crippen MR) is 86.9 cm³/mol. The monoisotopic (exact) mass is 341 g/mol. The van der Waals surface area contributed by atoms with Crippen molar-refractivity contribution in [2.75, 3.05) is 32.5 Å². The number of rotatable bonds is 6. The number of carbonyl (C=O) groups is 1. The van der Waals surface area contributed by atoms with Crippen LogP contribution in [0, 0.1) is 5.92 Å². The first-order valence-electron chi connectivity index (χ1n) is 7.72. The number of nitrogens with one attached hydrogen (secondary N) is 1. The molecule has 1 amide bonds. The summed E-state index contributed by atoms with van der Waals surface area (Å²) >= 11 is 0. The van der Waals surface area contributed by atoms with Gasteiger partial charge in [-0.1, -0.05) is 0 Å². The van der Waals surface area contributed by atoms with E-state index in [1.165, 1.54) is 0 Å². The van der Waals surface area contributed by atoms with Crippen molar-refractivity contribution in [3.8, 4) is 5.88 Å².